The van der Waals surface area contributed by atoms with Gasteiger partial charge in [-0.3, -0.25) is 4.79 Å². The summed E-state index contributed by atoms with van der Waals surface area (Å²) < 4.78 is 23.2. The normalized spacial score (nSPS) is 11.2. The number of benzene rings is 2. The molecule has 0 aliphatic carbocycles. The summed E-state index contributed by atoms with van der Waals surface area (Å²) in [4.78, 5) is 12.5. The topological polar surface area (TPSA) is 63.2 Å². The average molecular weight is 317 g/mol. The van der Waals surface area contributed by atoms with Crippen molar-refractivity contribution in [2.24, 2.45) is 0 Å². The Hall–Kier alpha value is -2.14. The smallest absolute Gasteiger partial charge is 0.255 e. The maximum atomic E-state index is 12.4. The van der Waals surface area contributed by atoms with Crippen LogP contribution >= 0.6 is 0 Å². The van der Waals surface area contributed by atoms with Crippen molar-refractivity contribution >= 4 is 21.4 Å². The maximum Gasteiger partial charge on any atom is 0.255 e. The Morgan fingerprint density at radius 1 is 1.14 bits per heavy atom. The highest BCUT2D eigenvalue weighted by Crippen LogP contribution is 2.22. The summed E-state index contributed by atoms with van der Waals surface area (Å²) in [6.07, 6.45) is 1.93. The summed E-state index contributed by atoms with van der Waals surface area (Å²) in [6.45, 7) is 3.95. The van der Waals surface area contributed by atoms with Crippen LogP contribution in [0, 0.1) is 6.92 Å². The molecule has 0 saturated carbocycles. The molecule has 1 amide bonds. The van der Waals surface area contributed by atoms with Gasteiger partial charge < -0.3 is 5.32 Å². The summed E-state index contributed by atoms with van der Waals surface area (Å²) in [5.41, 5.74) is 3.15. The number of anilines is 1. The first-order chi connectivity index (χ1) is 10.3. The summed E-state index contributed by atoms with van der Waals surface area (Å²) in [7, 11) is -3.33. The third-order valence-electron chi connectivity index (χ3n) is 3.50. The molecule has 5 heteroatoms. The lowest BCUT2D eigenvalue weighted by Crippen LogP contribution is -2.15. The molecule has 0 aliphatic rings. The average Bonchev–Trinajstić information content (AvgIpc) is 2.48. The Balaban J connectivity index is 2.35. The van der Waals surface area contributed by atoms with E-state index in [4.69, 9.17) is 0 Å². The first kappa shape index (κ1) is 16.2. The molecular formula is C17H19NO3S. The minimum Gasteiger partial charge on any atom is -0.321 e. The fraction of sp³-hybridized carbons (Fsp3) is 0.235. The molecule has 0 unspecified atom stereocenters. The van der Waals surface area contributed by atoms with E-state index in [9.17, 15) is 13.2 Å². The quantitative estimate of drug-likeness (QED) is 0.942. The number of sulfone groups is 1. The van der Waals surface area contributed by atoms with Gasteiger partial charge >= 0.3 is 0 Å². The number of carbonyl (C=O) groups is 1. The van der Waals surface area contributed by atoms with Crippen LogP contribution in [-0.2, 0) is 16.3 Å². The van der Waals surface area contributed by atoms with Gasteiger partial charge in [-0.05, 0) is 42.7 Å². The van der Waals surface area contributed by atoms with Gasteiger partial charge in [-0.1, -0.05) is 31.2 Å². The van der Waals surface area contributed by atoms with Gasteiger partial charge in [0, 0.05) is 17.5 Å². The molecule has 2 rings (SSSR count). The van der Waals surface area contributed by atoms with E-state index in [2.05, 4.69) is 5.32 Å². The summed E-state index contributed by atoms with van der Waals surface area (Å²) in [5, 5.41) is 2.89. The van der Waals surface area contributed by atoms with Crippen molar-refractivity contribution in [3.05, 3.63) is 59.2 Å². The minimum atomic E-state index is -3.33. The third-order valence-corrected chi connectivity index (χ3v) is 4.61. The van der Waals surface area contributed by atoms with E-state index < -0.39 is 9.84 Å². The van der Waals surface area contributed by atoms with Crippen LogP contribution in [-0.4, -0.2) is 20.6 Å². The number of nitrogens with one attached hydrogen (secondary N) is 1. The number of hydrogen-bond acceptors (Lipinski definition) is 3. The standard InChI is InChI=1S/C17H19NO3S/c1-4-13-8-5-7-12(2)16(13)18-17(19)14-9-6-10-15(11-14)22(3,20)21/h5-11H,4H2,1-3H3,(H,18,19). The Labute approximate surface area is 131 Å². The van der Waals surface area contributed by atoms with Crippen LogP contribution in [0.2, 0.25) is 0 Å². The minimum absolute atomic E-state index is 0.139. The third kappa shape index (κ3) is 3.54. The molecule has 1 N–H and O–H groups in total. The Bertz CT molecular complexity index is 810. The number of amides is 1. The Morgan fingerprint density at radius 2 is 1.82 bits per heavy atom. The predicted molar refractivity (Wildman–Crippen MR) is 88.1 cm³/mol. The van der Waals surface area contributed by atoms with E-state index in [1.54, 1.807) is 12.1 Å². The fourth-order valence-corrected chi connectivity index (χ4v) is 2.92. The summed E-state index contributed by atoms with van der Waals surface area (Å²) in [6, 6.07) is 11.9. The van der Waals surface area contributed by atoms with Crippen LogP contribution in [0.25, 0.3) is 0 Å². The predicted octanol–water partition coefficient (Wildman–Crippen LogP) is 3.21. The van der Waals surface area contributed by atoms with Crippen LogP contribution in [0.4, 0.5) is 5.69 Å². The van der Waals surface area contributed by atoms with Crippen molar-refractivity contribution in [3.8, 4) is 0 Å². The highest BCUT2D eigenvalue weighted by molar-refractivity contribution is 7.90. The maximum absolute atomic E-state index is 12.4. The van der Waals surface area contributed by atoms with Crippen LogP contribution in [0.5, 0.6) is 0 Å². The lowest BCUT2D eigenvalue weighted by atomic mass is 10.1. The van der Waals surface area contributed by atoms with Gasteiger partial charge in [-0.15, -0.1) is 0 Å². The van der Waals surface area contributed by atoms with E-state index in [1.807, 2.05) is 32.0 Å². The van der Waals surface area contributed by atoms with Crippen LogP contribution in [0.1, 0.15) is 28.4 Å². The molecule has 0 aromatic heterocycles. The summed E-state index contributed by atoms with van der Waals surface area (Å²) >= 11 is 0. The second-order valence-corrected chi connectivity index (χ2v) is 7.23. The van der Waals surface area contributed by atoms with E-state index in [1.165, 1.54) is 12.1 Å². The van der Waals surface area contributed by atoms with Gasteiger partial charge in [0.1, 0.15) is 0 Å². The highest BCUT2D eigenvalue weighted by atomic mass is 32.2. The molecule has 0 atom stereocenters. The molecule has 0 saturated heterocycles. The van der Waals surface area contributed by atoms with Gasteiger partial charge in [-0.2, -0.15) is 0 Å². The molecule has 0 aliphatic heterocycles. The van der Waals surface area contributed by atoms with Crippen molar-refractivity contribution in [3.63, 3.8) is 0 Å². The van der Waals surface area contributed by atoms with Crippen molar-refractivity contribution in [2.75, 3.05) is 11.6 Å². The van der Waals surface area contributed by atoms with E-state index in [0.29, 0.717) is 5.56 Å². The molecule has 22 heavy (non-hydrogen) atoms. The second-order valence-electron chi connectivity index (χ2n) is 5.22. The molecular weight excluding hydrogens is 298 g/mol. The molecule has 0 radical (unpaired) electrons. The number of aryl methyl sites for hydroxylation is 2. The Morgan fingerprint density at radius 3 is 2.45 bits per heavy atom. The molecule has 0 heterocycles. The zero-order chi connectivity index (χ0) is 16.3. The monoisotopic (exact) mass is 317 g/mol. The SMILES string of the molecule is CCc1cccc(C)c1NC(=O)c1cccc(S(C)(=O)=O)c1. The lowest BCUT2D eigenvalue weighted by Gasteiger charge is -2.13. The largest absolute Gasteiger partial charge is 0.321 e. The molecule has 0 bridgehead atoms. The molecule has 116 valence electrons. The highest BCUT2D eigenvalue weighted by Gasteiger charge is 2.13. The van der Waals surface area contributed by atoms with Crippen LogP contribution in [0.15, 0.2) is 47.4 Å². The summed E-state index contributed by atoms with van der Waals surface area (Å²) in [5.74, 6) is -0.311. The first-order valence-electron chi connectivity index (χ1n) is 7.03. The van der Waals surface area contributed by atoms with E-state index in [0.717, 1.165) is 29.5 Å². The van der Waals surface area contributed by atoms with Crippen molar-refractivity contribution in [1.29, 1.82) is 0 Å². The molecule has 2 aromatic carbocycles. The van der Waals surface area contributed by atoms with Crippen molar-refractivity contribution < 1.29 is 13.2 Å². The zero-order valence-corrected chi connectivity index (χ0v) is 13.7. The molecule has 0 fully saturated rings. The van der Waals surface area contributed by atoms with Crippen molar-refractivity contribution in [2.45, 2.75) is 25.2 Å². The second kappa shape index (κ2) is 6.32. The van der Waals surface area contributed by atoms with E-state index in [-0.39, 0.29) is 10.8 Å². The number of carbonyl (C=O) groups excluding carboxylic acids is 1. The lowest BCUT2D eigenvalue weighted by molar-refractivity contribution is 0.102. The van der Waals surface area contributed by atoms with Crippen LogP contribution < -0.4 is 5.32 Å². The van der Waals surface area contributed by atoms with Gasteiger partial charge in [0.15, 0.2) is 9.84 Å². The van der Waals surface area contributed by atoms with Crippen molar-refractivity contribution in [1.82, 2.24) is 0 Å². The first-order valence-corrected chi connectivity index (χ1v) is 8.92. The number of para-hydroxylation sites is 1. The fourth-order valence-electron chi connectivity index (χ4n) is 2.26. The Kier molecular flexibility index (Phi) is 4.66. The molecule has 4 nitrogen and oxygen atoms in total. The number of hydrogen-bond donors (Lipinski definition) is 1. The molecule has 0 spiro atoms. The van der Waals surface area contributed by atoms with E-state index >= 15 is 0 Å². The van der Waals surface area contributed by atoms with Gasteiger partial charge in [0.25, 0.3) is 5.91 Å². The molecule has 2 aromatic rings. The van der Waals surface area contributed by atoms with Gasteiger partial charge in [0.05, 0.1) is 4.90 Å². The van der Waals surface area contributed by atoms with Crippen LogP contribution in [0.3, 0.4) is 0 Å². The van der Waals surface area contributed by atoms with Gasteiger partial charge in [-0.25, -0.2) is 8.42 Å². The number of rotatable bonds is 4. The zero-order valence-electron chi connectivity index (χ0n) is 12.9. The van der Waals surface area contributed by atoms with Gasteiger partial charge in [0.2, 0.25) is 0 Å².